The predicted molar refractivity (Wildman–Crippen MR) is 89.3 cm³/mol. The number of rotatable bonds is 3. The molecule has 1 aliphatic heterocycles. The Bertz CT molecular complexity index is 882. The van der Waals surface area contributed by atoms with Crippen LogP contribution in [0, 0.1) is 0 Å². The number of nitrogen functional groups attached to an aromatic ring is 1. The SMILES string of the molecule is Nc1nccc(-c2c[nH]c3nccc(N4C[C@H](F)C[C@H]4CO)c23)n1. The minimum absolute atomic E-state index is 0.0928. The van der Waals surface area contributed by atoms with E-state index in [1.54, 1.807) is 24.7 Å². The van der Waals surface area contributed by atoms with Crippen molar-refractivity contribution >= 4 is 22.7 Å². The van der Waals surface area contributed by atoms with E-state index in [4.69, 9.17) is 5.73 Å². The second-order valence-corrected chi connectivity index (χ2v) is 5.88. The molecule has 0 aromatic carbocycles. The van der Waals surface area contributed by atoms with Gasteiger partial charge in [-0.3, -0.25) is 0 Å². The Morgan fingerprint density at radius 3 is 2.96 bits per heavy atom. The van der Waals surface area contributed by atoms with Crippen molar-refractivity contribution in [3.8, 4) is 11.3 Å². The van der Waals surface area contributed by atoms with Gasteiger partial charge in [-0.25, -0.2) is 19.3 Å². The Morgan fingerprint density at radius 1 is 1.33 bits per heavy atom. The summed E-state index contributed by atoms with van der Waals surface area (Å²) in [6, 6.07) is 3.36. The highest BCUT2D eigenvalue weighted by atomic mass is 19.1. The zero-order valence-electron chi connectivity index (χ0n) is 12.9. The average molecular weight is 328 g/mol. The van der Waals surface area contributed by atoms with Gasteiger partial charge in [-0.15, -0.1) is 0 Å². The third-order valence-corrected chi connectivity index (χ3v) is 4.39. The molecule has 8 heteroatoms. The van der Waals surface area contributed by atoms with Crippen molar-refractivity contribution in [1.82, 2.24) is 19.9 Å². The number of hydrogen-bond acceptors (Lipinski definition) is 6. The van der Waals surface area contributed by atoms with Crippen molar-refractivity contribution in [3.63, 3.8) is 0 Å². The van der Waals surface area contributed by atoms with Crippen LogP contribution in [0.1, 0.15) is 6.42 Å². The molecule has 0 amide bonds. The van der Waals surface area contributed by atoms with Gasteiger partial charge < -0.3 is 20.7 Å². The Balaban J connectivity index is 1.89. The zero-order chi connectivity index (χ0) is 16.7. The highest BCUT2D eigenvalue weighted by Crippen LogP contribution is 2.37. The van der Waals surface area contributed by atoms with E-state index in [0.29, 0.717) is 17.8 Å². The van der Waals surface area contributed by atoms with E-state index < -0.39 is 6.17 Å². The van der Waals surface area contributed by atoms with Gasteiger partial charge in [0.15, 0.2) is 0 Å². The van der Waals surface area contributed by atoms with Crippen molar-refractivity contribution in [2.45, 2.75) is 18.6 Å². The molecule has 0 aliphatic carbocycles. The van der Waals surface area contributed by atoms with Crippen molar-refractivity contribution in [3.05, 3.63) is 30.7 Å². The molecule has 1 fully saturated rings. The molecule has 1 aliphatic rings. The lowest BCUT2D eigenvalue weighted by Gasteiger charge is -2.25. The summed E-state index contributed by atoms with van der Waals surface area (Å²) in [4.78, 5) is 17.5. The van der Waals surface area contributed by atoms with Gasteiger partial charge in [0.2, 0.25) is 5.95 Å². The van der Waals surface area contributed by atoms with E-state index in [0.717, 1.165) is 16.6 Å². The molecule has 0 bridgehead atoms. The van der Waals surface area contributed by atoms with Crippen LogP contribution in [-0.4, -0.2) is 50.4 Å². The Morgan fingerprint density at radius 2 is 2.17 bits per heavy atom. The zero-order valence-corrected chi connectivity index (χ0v) is 12.9. The van der Waals surface area contributed by atoms with Crippen molar-refractivity contribution in [1.29, 1.82) is 0 Å². The quantitative estimate of drug-likeness (QED) is 0.673. The smallest absolute Gasteiger partial charge is 0.220 e. The van der Waals surface area contributed by atoms with Gasteiger partial charge in [0.1, 0.15) is 11.8 Å². The largest absolute Gasteiger partial charge is 0.394 e. The minimum Gasteiger partial charge on any atom is -0.394 e. The molecule has 0 radical (unpaired) electrons. The van der Waals surface area contributed by atoms with Crippen LogP contribution < -0.4 is 10.6 Å². The number of H-pyrrole nitrogens is 1. The molecule has 24 heavy (non-hydrogen) atoms. The topological polar surface area (TPSA) is 104 Å². The number of nitrogens with two attached hydrogens (primary N) is 1. The van der Waals surface area contributed by atoms with E-state index in [1.165, 1.54) is 0 Å². The van der Waals surface area contributed by atoms with Gasteiger partial charge in [-0.2, -0.15) is 0 Å². The van der Waals surface area contributed by atoms with E-state index >= 15 is 0 Å². The number of halogens is 1. The van der Waals surface area contributed by atoms with Crippen LogP contribution in [0.25, 0.3) is 22.3 Å². The normalized spacial score (nSPS) is 20.8. The number of alkyl halides is 1. The fourth-order valence-electron chi connectivity index (χ4n) is 3.33. The first-order chi connectivity index (χ1) is 11.7. The van der Waals surface area contributed by atoms with Crippen LogP contribution in [0.5, 0.6) is 0 Å². The summed E-state index contributed by atoms with van der Waals surface area (Å²) in [5.74, 6) is 0.186. The van der Waals surface area contributed by atoms with Crippen LogP contribution in [-0.2, 0) is 0 Å². The summed E-state index contributed by atoms with van der Waals surface area (Å²) in [5, 5.41) is 10.4. The van der Waals surface area contributed by atoms with Gasteiger partial charge in [0, 0.05) is 37.1 Å². The minimum atomic E-state index is -0.956. The van der Waals surface area contributed by atoms with E-state index in [-0.39, 0.29) is 25.1 Å². The number of fused-ring (bicyclic) bond motifs is 1. The number of aromatic nitrogens is 4. The molecular weight excluding hydrogens is 311 g/mol. The molecular formula is C16H17FN6O. The lowest BCUT2D eigenvalue weighted by Crippen LogP contribution is -2.32. The summed E-state index contributed by atoms with van der Waals surface area (Å²) in [6.07, 6.45) is 4.44. The first kappa shape index (κ1) is 14.8. The first-order valence-corrected chi connectivity index (χ1v) is 7.74. The molecule has 0 spiro atoms. The van der Waals surface area contributed by atoms with Crippen LogP contribution in [0.4, 0.5) is 16.0 Å². The van der Waals surface area contributed by atoms with Crippen LogP contribution in [0.3, 0.4) is 0 Å². The lowest BCUT2D eigenvalue weighted by molar-refractivity contribution is 0.256. The summed E-state index contributed by atoms with van der Waals surface area (Å²) >= 11 is 0. The highest BCUT2D eigenvalue weighted by Gasteiger charge is 2.33. The van der Waals surface area contributed by atoms with Crippen LogP contribution >= 0.6 is 0 Å². The molecule has 3 aromatic rings. The van der Waals surface area contributed by atoms with Crippen molar-refractivity contribution in [2.75, 3.05) is 23.8 Å². The molecule has 4 N–H and O–H groups in total. The van der Waals surface area contributed by atoms with Gasteiger partial charge in [-0.05, 0) is 12.1 Å². The van der Waals surface area contributed by atoms with Gasteiger partial charge in [0.05, 0.1) is 29.4 Å². The standard InChI is InChI=1S/C16H17FN6O/c17-9-5-10(8-24)23(7-9)13-2-4-19-15-14(13)11(6-21-15)12-1-3-20-16(18)22-12/h1-4,6,9-10,24H,5,7-8H2,(H,19,21)(H2,18,20,22)/t9-,10+/m1/s1. The molecule has 7 nitrogen and oxygen atoms in total. The number of nitrogens with zero attached hydrogens (tertiary/aromatic N) is 4. The molecule has 0 saturated carbocycles. The van der Waals surface area contributed by atoms with E-state index in [1.807, 2.05) is 11.0 Å². The average Bonchev–Trinajstić information content (AvgIpc) is 3.17. The van der Waals surface area contributed by atoms with Gasteiger partial charge in [0.25, 0.3) is 0 Å². The molecule has 4 rings (SSSR count). The fraction of sp³-hybridized carbons (Fsp3) is 0.312. The summed E-state index contributed by atoms with van der Waals surface area (Å²) in [7, 11) is 0. The molecule has 4 heterocycles. The summed E-state index contributed by atoms with van der Waals surface area (Å²) in [6.45, 7) is 0.158. The lowest BCUT2D eigenvalue weighted by atomic mass is 10.1. The third kappa shape index (κ3) is 2.35. The maximum Gasteiger partial charge on any atom is 0.220 e. The fourth-order valence-corrected chi connectivity index (χ4v) is 3.33. The summed E-state index contributed by atoms with van der Waals surface area (Å²) < 4.78 is 13.9. The monoisotopic (exact) mass is 328 g/mol. The Kier molecular flexibility index (Phi) is 3.53. The maximum atomic E-state index is 13.9. The predicted octanol–water partition coefficient (Wildman–Crippen LogP) is 1.51. The molecule has 2 atom stereocenters. The van der Waals surface area contributed by atoms with Gasteiger partial charge >= 0.3 is 0 Å². The van der Waals surface area contributed by atoms with Gasteiger partial charge in [-0.1, -0.05) is 0 Å². The second kappa shape index (κ2) is 5.72. The van der Waals surface area contributed by atoms with Crippen molar-refractivity contribution < 1.29 is 9.50 Å². The number of pyridine rings is 1. The Hall–Kier alpha value is -2.74. The highest BCUT2D eigenvalue weighted by molar-refractivity contribution is 6.02. The molecule has 0 unspecified atom stereocenters. The number of aliphatic hydroxyl groups excluding tert-OH is 1. The maximum absolute atomic E-state index is 13.9. The van der Waals surface area contributed by atoms with Crippen LogP contribution in [0.2, 0.25) is 0 Å². The number of aromatic amines is 1. The molecule has 124 valence electrons. The molecule has 3 aromatic heterocycles. The second-order valence-electron chi connectivity index (χ2n) is 5.88. The number of anilines is 2. The molecule has 1 saturated heterocycles. The van der Waals surface area contributed by atoms with Crippen molar-refractivity contribution in [2.24, 2.45) is 0 Å². The van der Waals surface area contributed by atoms with E-state index in [2.05, 4.69) is 19.9 Å². The third-order valence-electron chi connectivity index (χ3n) is 4.39. The Labute approximate surface area is 137 Å². The number of aliphatic hydroxyl groups is 1. The van der Waals surface area contributed by atoms with E-state index in [9.17, 15) is 9.50 Å². The first-order valence-electron chi connectivity index (χ1n) is 7.74. The number of hydrogen-bond donors (Lipinski definition) is 3. The van der Waals surface area contributed by atoms with Crippen LogP contribution in [0.15, 0.2) is 30.7 Å². The summed E-state index contributed by atoms with van der Waals surface area (Å²) in [5.41, 5.74) is 8.68. The number of nitrogens with one attached hydrogen (secondary N) is 1.